The fourth-order valence-corrected chi connectivity index (χ4v) is 4.86. The van der Waals surface area contributed by atoms with Crippen molar-refractivity contribution >= 4 is 44.9 Å². The number of methoxy groups -OCH3 is 1. The Labute approximate surface area is 166 Å². The molecule has 0 spiro atoms. The number of anilines is 1. The van der Waals surface area contributed by atoms with Crippen LogP contribution in [0.5, 0.6) is 5.75 Å². The van der Waals surface area contributed by atoms with Crippen LogP contribution in [0.2, 0.25) is 0 Å². The van der Waals surface area contributed by atoms with E-state index < -0.39 is 0 Å². The lowest BCUT2D eigenvalue weighted by molar-refractivity contribution is -0.113. The zero-order valence-corrected chi connectivity index (χ0v) is 17.2. The summed E-state index contributed by atoms with van der Waals surface area (Å²) in [7, 11) is 1.62. The van der Waals surface area contributed by atoms with E-state index in [1.807, 2.05) is 24.3 Å². The number of carbonyl (C=O) groups is 1. The minimum absolute atomic E-state index is 0.0468. The van der Waals surface area contributed by atoms with E-state index in [2.05, 4.69) is 19.2 Å². The lowest BCUT2D eigenvalue weighted by Crippen LogP contribution is -2.14. The number of fused-ring (bicyclic) bond motifs is 1. The summed E-state index contributed by atoms with van der Waals surface area (Å²) in [6.45, 7) is 4.22. The van der Waals surface area contributed by atoms with E-state index >= 15 is 0 Å². The number of nitrogens with one attached hydrogen (secondary N) is 1. The minimum Gasteiger partial charge on any atom is -0.497 e. The van der Waals surface area contributed by atoms with Gasteiger partial charge in [0.1, 0.15) is 21.4 Å². The van der Waals surface area contributed by atoms with Gasteiger partial charge < -0.3 is 10.1 Å². The number of amides is 1. The Morgan fingerprint density at radius 3 is 2.67 bits per heavy atom. The van der Waals surface area contributed by atoms with Crippen molar-refractivity contribution in [2.24, 2.45) is 0 Å². The molecule has 0 bridgehead atoms. The van der Waals surface area contributed by atoms with Gasteiger partial charge in [-0.25, -0.2) is 9.97 Å². The van der Waals surface area contributed by atoms with Crippen molar-refractivity contribution < 1.29 is 9.53 Å². The van der Waals surface area contributed by atoms with Crippen molar-refractivity contribution in [2.75, 3.05) is 18.2 Å². The summed E-state index contributed by atoms with van der Waals surface area (Å²) in [5.41, 5.74) is 1.98. The van der Waals surface area contributed by atoms with Gasteiger partial charge in [-0.3, -0.25) is 4.79 Å². The Morgan fingerprint density at radius 1 is 1.26 bits per heavy atom. The topological polar surface area (TPSA) is 64.1 Å². The summed E-state index contributed by atoms with van der Waals surface area (Å²) in [6, 6.07) is 7.33. The third-order valence-corrected chi connectivity index (χ3v) is 6.75. The van der Waals surface area contributed by atoms with Gasteiger partial charge in [0.15, 0.2) is 0 Å². The second-order valence-corrected chi connectivity index (χ2v) is 8.86. The average molecular weight is 400 g/mol. The molecular weight excluding hydrogens is 378 g/mol. The zero-order chi connectivity index (χ0) is 19.0. The van der Waals surface area contributed by atoms with E-state index in [4.69, 9.17) is 14.7 Å². The second-order valence-electron chi connectivity index (χ2n) is 6.69. The molecule has 1 saturated carbocycles. The molecule has 7 heteroatoms. The number of aromatic nitrogens is 2. The number of nitrogens with zero attached hydrogens (tertiary/aromatic N) is 2. The zero-order valence-electron chi connectivity index (χ0n) is 15.5. The first kappa shape index (κ1) is 18.3. The second kappa shape index (κ2) is 7.48. The van der Waals surface area contributed by atoms with Gasteiger partial charge >= 0.3 is 0 Å². The van der Waals surface area contributed by atoms with Gasteiger partial charge in [-0.15, -0.1) is 11.3 Å². The van der Waals surface area contributed by atoms with Crippen LogP contribution in [0, 0.1) is 13.8 Å². The van der Waals surface area contributed by atoms with Gasteiger partial charge in [-0.05, 0) is 56.5 Å². The Balaban J connectivity index is 1.51. The highest BCUT2D eigenvalue weighted by Gasteiger charge is 2.28. The number of thioether (sulfide) groups is 1. The van der Waals surface area contributed by atoms with Crippen LogP contribution < -0.4 is 10.1 Å². The van der Waals surface area contributed by atoms with Crippen LogP contribution in [-0.4, -0.2) is 28.7 Å². The van der Waals surface area contributed by atoms with Crippen molar-refractivity contribution in [1.82, 2.24) is 9.97 Å². The number of aryl methyl sites for hydroxylation is 2. The predicted octanol–water partition coefficient (Wildman–Crippen LogP) is 4.92. The van der Waals surface area contributed by atoms with Gasteiger partial charge in [0.05, 0.1) is 12.9 Å². The molecule has 0 radical (unpaired) electrons. The normalized spacial score (nSPS) is 13.7. The van der Waals surface area contributed by atoms with Crippen molar-refractivity contribution in [3.63, 3.8) is 0 Å². The summed E-state index contributed by atoms with van der Waals surface area (Å²) in [5.74, 6) is 2.46. The number of benzene rings is 1. The molecule has 1 aliphatic rings. The molecule has 2 aromatic heterocycles. The van der Waals surface area contributed by atoms with Crippen LogP contribution in [0.15, 0.2) is 29.3 Å². The maximum atomic E-state index is 12.4. The van der Waals surface area contributed by atoms with Crippen molar-refractivity contribution in [2.45, 2.75) is 37.6 Å². The lowest BCUT2D eigenvalue weighted by atomic mass is 10.2. The summed E-state index contributed by atoms with van der Waals surface area (Å²) in [4.78, 5) is 24.3. The summed E-state index contributed by atoms with van der Waals surface area (Å²) < 4.78 is 5.14. The monoisotopic (exact) mass is 399 g/mol. The van der Waals surface area contributed by atoms with Gasteiger partial charge in [0.2, 0.25) is 5.91 Å². The third kappa shape index (κ3) is 3.94. The van der Waals surface area contributed by atoms with E-state index in [0.29, 0.717) is 11.7 Å². The van der Waals surface area contributed by atoms with Gasteiger partial charge in [0, 0.05) is 21.9 Å². The van der Waals surface area contributed by atoms with Crippen LogP contribution in [0.25, 0.3) is 10.2 Å². The van der Waals surface area contributed by atoms with Crippen LogP contribution in [0.3, 0.4) is 0 Å². The molecule has 5 nitrogen and oxygen atoms in total. The molecule has 1 N–H and O–H groups in total. The first-order chi connectivity index (χ1) is 13.0. The summed E-state index contributed by atoms with van der Waals surface area (Å²) in [5, 5.41) is 4.95. The van der Waals surface area contributed by atoms with Gasteiger partial charge in [-0.1, -0.05) is 11.8 Å². The van der Waals surface area contributed by atoms with E-state index in [0.717, 1.165) is 45.3 Å². The molecule has 1 aliphatic carbocycles. The summed E-state index contributed by atoms with van der Waals surface area (Å²) >= 11 is 3.21. The van der Waals surface area contributed by atoms with Crippen molar-refractivity contribution in [3.8, 4) is 5.75 Å². The Kier molecular flexibility index (Phi) is 5.06. The first-order valence-corrected chi connectivity index (χ1v) is 10.7. The third-order valence-electron chi connectivity index (χ3n) is 4.67. The number of thiophene rings is 1. The number of rotatable bonds is 6. The number of hydrogen-bond donors (Lipinski definition) is 1. The molecule has 27 heavy (non-hydrogen) atoms. The molecule has 1 fully saturated rings. The quantitative estimate of drug-likeness (QED) is 0.470. The number of ether oxygens (including phenoxy) is 1. The lowest BCUT2D eigenvalue weighted by Gasteiger charge is -2.08. The molecule has 1 aromatic carbocycles. The molecule has 0 saturated heterocycles. The average Bonchev–Trinajstić information content (AvgIpc) is 3.47. The fourth-order valence-electron chi connectivity index (χ4n) is 2.86. The van der Waals surface area contributed by atoms with E-state index in [-0.39, 0.29) is 5.91 Å². The summed E-state index contributed by atoms with van der Waals surface area (Å²) in [6.07, 6.45) is 2.33. The van der Waals surface area contributed by atoms with Crippen LogP contribution in [0.4, 0.5) is 5.69 Å². The van der Waals surface area contributed by atoms with Crippen molar-refractivity contribution in [1.29, 1.82) is 0 Å². The predicted molar refractivity (Wildman–Crippen MR) is 111 cm³/mol. The van der Waals surface area contributed by atoms with Crippen LogP contribution in [0.1, 0.15) is 35.0 Å². The first-order valence-electron chi connectivity index (χ1n) is 8.89. The van der Waals surface area contributed by atoms with Crippen LogP contribution in [-0.2, 0) is 4.79 Å². The van der Waals surface area contributed by atoms with E-state index in [9.17, 15) is 4.79 Å². The molecule has 0 atom stereocenters. The van der Waals surface area contributed by atoms with Crippen LogP contribution >= 0.6 is 23.1 Å². The fraction of sp³-hybridized carbons (Fsp3) is 0.350. The van der Waals surface area contributed by atoms with Gasteiger partial charge in [-0.2, -0.15) is 0 Å². The molecule has 2 heterocycles. The highest BCUT2D eigenvalue weighted by molar-refractivity contribution is 8.00. The molecule has 0 unspecified atom stereocenters. The van der Waals surface area contributed by atoms with Gasteiger partial charge in [0.25, 0.3) is 0 Å². The standard InChI is InChI=1S/C20H21N3O2S2/c1-11-12(2)27-20-17(11)19(22-18(23-20)13-4-5-13)26-10-16(24)21-14-6-8-15(25-3)9-7-14/h6-9,13H,4-5,10H2,1-3H3,(H,21,24). The molecule has 1 amide bonds. The van der Waals surface area contributed by atoms with Crippen molar-refractivity contribution in [3.05, 3.63) is 40.5 Å². The molecule has 140 valence electrons. The highest BCUT2D eigenvalue weighted by Crippen LogP contribution is 2.42. The maximum Gasteiger partial charge on any atom is 0.234 e. The Bertz CT molecular complexity index is 995. The molecule has 4 rings (SSSR count). The maximum absolute atomic E-state index is 12.4. The molecule has 3 aromatic rings. The number of carbonyl (C=O) groups excluding carboxylic acids is 1. The Hall–Kier alpha value is -2.12. The largest absolute Gasteiger partial charge is 0.497 e. The van der Waals surface area contributed by atoms with E-state index in [1.165, 1.54) is 22.2 Å². The SMILES string of the molecule is COc1ccc(NC(=O)CSc2nc(C3CC3)nc3sc(C)c(C)c23)cc1. The van der Waals surface area contributed by atoms with E-state index in [1.54, 1.807) is 18.4 Å². The number of hydrogen-bond acceptors (Lipinski definition) is 6. The molecule has 0 aliphatic heterocycles. The molecular formula is C20H21N3O2S2. The minimum atomic E-state index is -0.0468. The smallest absolute Gasteiger partial charge is 0.234 e. The Morgan fingerprint density at radius 2 is 2.00 bits per heavy atom. The highest BCUT2D eigenvalue weighted by atomic mass is 32.2.